The van der Waals surface area contributed by atoms with Gasteiger partial charge in [-0.2, -0.15) is 10.2 Å². The molecule has 0 radical (unpaired) electrons. The van der Waals surface area contributed by atoms with E-state index in [1.54, 1.807) is 36.4 Å². The number of nitrogens with one attached hydrogen (secondary N) is 1. The molecule has 1 heterocycles. The number of ether oxygens (including phenoxy) is 1. The summed E-state index contributed by atoms with van der Waals surface area (Å²) in [6, 6.07) is 11.6. The summed E-state index contributed by atoms with van der Waals surface area (Å²) in [4.78, 5) is 25.2. The molecule has 3 aromatic rings. The summed E-state index contributed by atoms with van der Waals surface area (Å²) in [6.45, 7) is 4.58. The lowest BCUT2D eigenvalue weighted by Gasteiger charge is -2.09. The second-order valence-electron chi connectivity index (χ2n) is 6.28. The van der Waals surface area contributed by atoms with Crippen LogP contribution in [0.2, 0.25) is 0 Å². The maximum Gasteiger partial charge on any atom is 0.292 e. The molecular formula is C21H22N4O4. The molecule has 0 saturated heterocycles. The molecule has 1 amide bonds. The van der Waals surface area contributed by atoms with Crippen molar-refractivity contribution in [3.05, 3.63) is 64.1 Å². The highest BCUT2D eigenvalue weighted by atomic mass is 16.5. The van der Waals surface area contributed by atoms with Crippen LogP contribution in [0.4, 0.5) is 0 Å². The highest BCUT2D eigenvalue weighted by molar-refractivity contribution is 6.04. The average molecular weight is 394 g/mol. The molecule has 29 heavy (non-hydrogen) atoms. The number of aromatic hydroxyl groups is 1. The van der Waals surface area contributed by atoms with Crippen molar-refractivity contribution in [2.75, 3.05) is 6.61 Å². The molecule has 0 fully saturated rings. The van der Waals surface area contributed by atoms with Crippen molar-refractivity contribution in [3.8, 4) is 11.5 Å². The first-order valence-electron chi connectivity index (χ1n) is 9.34. The second kappa shape index (κ2) is 9.01. The van der Waals surface area contributed by atoms with E-state index in [-0.39, 0.29) is 17.0 Å². The zero-order chi connectivity index (χ0) is 20.8. The monoisotopic (exact) mass is 394 g/mol. The quantitative estimate of drug-likeness (QED) is 0.473. The van der Waals surface area contributed by atoms with Crippen LogP contribution in [0, 0.1) is 0 Å². The maximum atomic E-state index is 12.7. The third-order valence-corrected chi connectivity index (χ3v) is 4.18. The number of amides is 1. The zero-order valence-electron chi connectivity index (χ0n) is 16.3. The van der Waals surface area contributed by atoms with Gasteiger partial charge in [-0.3, -0.25) is 9.59 Å². The molecule has 2 N–H and O–H groups in total. The van der Waals surface area contributed by atoms with Gasteiger partial charge in [0.15, 0.2) is 17.2 Å². The van der Waals surface area contributed by atoms with Gasteiger partial charge in [0.05, 0.1) is 18.2 Å². The number of hydrogen-bond acceptors (Lipinski definition) is 6. The molecule has 0 saturated carbocycles. The van der Waals surface area contributed by atoms with Gasteiger partial charge in [-0.05, 0) is 43.2 Å². The normalized spacial score (nSPS) is 11.1. The third-order valence-electron chi connectivity index (χ3n) is 4.18. The highest BCUT2D eigenvalue weighted by Crippen LogP contribution is 2.26. The molecule has 150 valence electrons. The molecule has 0 aliphatic carbocycles. The van der Waals surface area contributed by atoms with E-state index in [0.717, 1.165) is 0 Å². The summed E-state index contributed by atoms with van der Waals surface area (Å²) in [7, 11) is 0. The average Bonchev–Trinajstić information content (AvgIpc) is 2.72. The number of carbonyl (C=O) groups is 1. The van der Waals surface area contributed by atoms with Crippen molar-refractivity contribution >= 4 is 22.9 Å². The summed E-state index contributed by atoms with van der Waals surface area (Å²) in [5.41, 5.74) is 2.99. The number of phenolic OH excluding ortho intramolecular Hbond substituents is 1. The fraction of sp³-hybridized carbons (Fsp3) is 0.238. The Hall–Kier alpha value is -3.68. The molecule has 0 spiro atoms. The number of benzene rings is 2. The number of rotatable bonds is 7. The van der Waals surface area contributed by atoms with Crippen molar-refractivity contribution in [2.24, 2.45) is 5.10 Å². The predicted octanol–water partition coefficient (Wildman–Crippen LogP) is 2.67. The summed E-state index contributed by atoms with van der Waals surface area (Å²) >= 11 is 0. The van der Waals surface area contributed by atoms with Crippen LogP contribution in [0.15, 0.2) is 52.4 Å². The largest absolute Gasteiger partial charge is 0.504 e. The predicted molar refractivity (Wildman–Crippen MR) is 111 cm³/mol. The Morgan fingerprint density at radius 2 is 2.00 bits per heavy atom. The van der Waals surface area contributed by atoms with Crippen molar-refractivity contribution in [3.63, 3.8) is 0 Å². The number of nitrogens with zero attached hydrogens (tertiary/aromatic N) is 3. The molecule has 0 bridgehead atoms. The van der Waals surface area contributed by atoms with Gasteiger partial charge in [-0.1, -0.05) is 25.1 Å². The van der Waals surface area contributed by atoms with Crippen LogP contribution >= 0.6 is 0 Å². The number of fused-ring (bicyclic) bond motifs is 1. The first kappa shape index (κ1) is 20.1. The van der Waals surface area contributed by atoms with E-state index in [2.05, 4.69) is 15.6 Å². The fourth-order valence-electron chi connectivity index (χ4n) is 2.87. The Balaban J connectivity index is 1.87. The fourth-order valence-corrected chi connectivity index (χ4v) is 2.87. The summed E-state index contributed by atoms with van der Waals surface area (Å²) in [5.74, 6) is -0.157. The minimum absolute atomic E-state index is 0.0295. The highest BCUT2D eigenvalue weighted by Gasteiger charge is 2.16. The van der Waals surface area contributed by atoms with Crippen LogP contribution < -0.4 is 15.7 Å². The second-order valence-corrected chi connectivity index (χ2v) is 6.28. The van der Waals surface area contributed by atoms with Gasteiger partial charge >= 0.3 is 0 Å². The molecule has 8 heteroatoms. The van der Waals surface area contributed by atoms with Crippen LogP contribution in [0.1, 0.15) is 36.3 Å². The van der Waals surface area contributed by atoms with Gasteiger partial charge in [0.25, 0.3) is 11.5 Å². The third kappa shape index (κ3) is 4.43. The van der Waals surface area contributed by atoms with Crippen LogP contribution in [0.25, 0.3) is 10.8 Å². The number of carbonyl (C=O) groups excluding carboxylic acids is 1. The van der Waals surface area contributed by atoms with Gasteiger partial charge in [-0.15, -0.1) is 0 Å². The van der Waals surface area contributed by atoms with E-state index < -0.39 is 5.91 Å². The van der Waals surface area contributed by atoms with E-state index in [1.165, 1.54) is 17.0 Å². The first-order valence-corrected chi connectivity index (χ1v) is 9.34. The summed E-state index contributed by atoms with van der Waals surface area (Å²) in [6.07, 6.45) is 2.15. The lowest BCUT2D eigenvalue weighted by molar-refractivity contribution is 0.0949. The molecule has 3 rings (SSSR count). The molecule has 0 aliphatic rings. The number of hydrazone groups is 1. The molecule has 8 nitrogen and oxygen atoms in total. The smallest absolute Gasteiger partial charge is 0.292 e. The van der Waals surface area contributed by atoms with E-state index in [1.807, 2.05) is 13.8 Å². The van der Waals surface area contributed by atoms with Crippen LogP contribution in [-0.2, 0) is 6.54 Å². The first-order chi connectivity index (χ1) is 14.0. The maximum absolute atomic E-state index is 12.7. The van der Waals surface area contributed by atoms with Crippen LogP contribution in [-0.4, -0.2) is 33.6 Å². The van der Waals surface area contributed by atoms with Gasteiger partial charge in [0, 0.05) is 11.9 Å². The Bertz CT molecular complexity index is 1120. The van der Waals surface area contributed by atoms with Gasteiger partial charge in [0.1, 0.15) is 0 Å². The SMILES string of the molecule is CCCn1nc(C(=O)N/N=C/c2ccc(O)c(OCC)c2)c2ccccc2c1=O. The Morgan fingerprint density at radius 3 is 2.72 bits per heavy atom. The Morgan fingerprint density at radius 1 is 1.24 bits per heavy atom. The van der Waals surface area contributed by atoms with E-state index in [4.69, 9.17) is 4.74 Å². The van der Waals surface area contributed by atoms with Gasteiger partial charge < -0.3 is 9.84 Å². The summed E-state index contributed by atoms with van der Waals surface area (Å²) in [5, 5.41) is 18.8. The minimum atomic E-state index is -0.522. The number of aryl methyl sites for hydroxylation is 1. The van der Waals surface area contributed by atoms with Gasteiger partial charge in [-0.25, -0.2) is 10.1 Å². The van der Waals surface area contributed by atoms with Crippen molar-refractivity contribution < 1.29 is 14.6 Å². The molecule has 2 aromatic carbocycles. The molecule has 1 aromatic heterocycles. The van der Waals surface area contributed by atoms with Crippen molar-refractivity contribution in [1.29, 1.82) is 0 Å². The molecule has 0 unspecified atom stereocenters. The Kier molecular flexibility index (Phi) is 6.23. The van der Waals surface area contributed by atoms with Gasteiger partial charge in [0.2, 0.25) is 0 Å². The lowest BCUT2D eigenvalue weighted by Crippen LogP contribution is -2.29. The van der Waals surface area contributed by atoms with Crippen molar-refractivity contribution in [2.45, 2.75) is 26.8 Å². The number of hydrogen-bond donors (Lipinski definition) is 2. The topological polar surface area (TPSA) is 106 Å². The van der Waals surface area contributed by atoms with E-state index in [9.17, 15) is 14.7 Å². The minimum Gasteiger partial charge on any atom is -0.504 e. The lowest BCUT2D eigenvalue weighted by atomic mass is 10.1. The van der Waals surface area contributed by atoms with Crippen LogP contribution in [0.3, 0.4) is 0 Å². The van der Waals surface area contributed by atoms with E-state index in [0.29, 0.717) is 41.7 Å². The molecular weight excluding hydrogens is 372 g/mol. The van der Waals surface area contributed by atoms with Crippen molar-refractivity contribution in [1.82, 2.24) is 15.2 Å². The standard InChI is InChI=1S/C21H22N4O4/c1-3-11-25-21(28)16-8-6-5-7-15(16)19(24-25)20(27)23-22-13-14-9-10-17(26)18(12-14)29-4-2/h5-10,12-13,26H,3-4,11H2,1-2H3,(H,23,27)/b22-13+. The Labute approximate surface area is 167 Å². The van der Waals surface area contributed by atoms with E-state index >= 15 is 0 Å². The zero-order valence-corrected chi connectivity index (χ0v) is 16.3. The molecule has 0 aliphatic heterocycles. The number of phenols is 1. The molecule has 0 atom stereocenters. The number of aromatic nitrogens is 2. The summed E-state index contributed by atoms with van der Waals surface area (Å²) < 4.78 is 6.63. The van der Waals surface area contributed by atoms with Crippen LogP contribution in [0.5, 0.6) is 11.5 Å².